The second-order valence-electron chi connectivity index (χ2n) is 8.76. The molecule has 0 aromatic carbocycles. The Morgan fingerprint density at radius 2 is 2.09 bits per heavy atom. The van der Waals surface area contributed by atoms with Crippen LogP contribution in [-0.4, -0.2) is 53.4 Å². The average Bonchev–Trinajstić information content (AvgIpc) is 3.53. The second kappa shape index (κ2) is 9.90. The van der Waals surface area contributed by atoms with E-state index < -0.39 is 23.9 Å². The summed E-state index contributed by atoms with van der Waals surface area (Å²) in [5, 5.41) is 18.6. The number of aromatic nitrogens is 2. The summed E-state index contributed by atoms with van der Waals surface area (Å²) >= 11 is 0. The van der Waals surface area contributed by atoms with Crippen LogP contribution in [0.2, 0.25) is 0 Å². The normalized spacial score (nSPS) is 19.8. The van der Waals surface area contributed by atoms with Gasteiger partial charge < -0.3 is 25.7 Å². The first kappa shape index (κ1) is 22.6. The Bertz CT molecular complexity index is 1090. The molecule has 1 aliphatic heterocycles. The molecule has 33 heavy (non-hydrogen) atoms. The van der Waals surface area contributed by atoms with Gasteiger partial charge in [-0.25, -0.2) is 4.98 Å². The fraction of sp³-hybridized carbons (Fsp3) is 0.522. The Morgan fingerprint density at radius 1 is 1.27 bits per heavy atom. The van der Waals surface area contributed by atoms with Gasteiger partial charge in [-0.2, -0.15) is 5.26 Å². The number of nitriles is 1. The third-order valence-corrected chi connectivity index (χ3v) is 6.21. The molecule has 0 bridgehead atoms. The number of amides is 3. The number of carbonyl (C=O) groups excluding carboxylic acids is 3. The summed E-state index contributed by atoms with van der Waals surface area (Å²) in [4.78, 5) is 45.1. The second-order valence-corrected chi connectivity index (χ2v) is 8.76. The molecular formula is C23H28N6O4. The number of hydrogen-bond acceptors (Lipinski definition) is 6. The van der Waals surface area contributed by atoms with Gasteiger partial charge in [0.05, 0.1) is 18.7 Å². The summed E-state index contributed by atoms with van der Waals surface area (Å²) in [5.74, 6) is -0.386. The van der Waals surface area contributed by atoms with E-state index in [1.807, 2.05) is 0 Å². The molecule has 2 aromatic rings. The van der Waals surface area contributed by atoms with E-state index in [0.717, 1.165) is 24.6 Å². The molecule has 3 amide bonds. The van der Waals surface area contributed by atoms with Gasteiger partial charge in [0, 0.05) is 30.1 Å². The van der Waals surface area contributed by atoms with Crippen molar-refractivity contribution in [2.75, 3.05) is 13.7 Å². The molecule has 174 valence electrons. The smallest absolute Gasteiger partial charge is 0.268 e. The van der Waals surface area contributed by atoms with E-state index in [2.05, 4.69) is 32.0 Å². The van der Waals surface area contributed by atoms with Crippen LogP contribution in [0.1, 0.15) is 49.0 Å². The number of carbonyl (C=O) groups is 3. The van der Waals surface area contributed by atoms with Gasteiger partial charge in [-0.05, 0) is 37.7 Å². The van der Waals surface area contributed by atoms with Crippen LogP contribution < -0.4 is 20.7 Å². The molecule has 4 rings (SSSR count). The monoisotopic (exact) mass is 452 g/mol. The predicted molar refractivity (Wildman–Crippen MR) is 119 cm³/mol. The number of piperidine rings is 1. The molecule has 2 aliphatic rings. The van der Waals surface area contributed by atoms with Crippen LogP contribution in [0.15, 0.2) is 18.3 Å². The van der Waals surface area contributed by atoms with E-state index in [4.69, 9.17) is 4.74 Å². The number of hydrogen-bond donors (Lipinski definition) is 4. The van der Waals surface area contributed by atoms with Crippen LogP contribution in [0.25, 0.3) is 10.9 Å². The van der Waals surface area contributed by atoms with Gasteiger partial charge >= 0.3 is 0 Å². The van der Waals surface area contributed by atoms with Crippen molar-refractivity contribution in [2.45, 2.75) is 50.6 Å². The summed E-state index contributed by atoms with van der Waals surface area (Å²) in [6.07, 6.45) is 5.96. The minimum absolute atomic E-state index is 0.0801. The molecule has 1 saturated carbocycles. The molecule has 3 unspecified atom stereocenters. The molecule has 0 radical (unpaired) electrons. The number of ether oxygens (including phenoxy) is 1. The zero-order valence-corrected chi connectivity index (χ0v) is 18.5. The van der Waals surface area contributed by atoms with Crippen molar-refractivity contribution >= 4 is 28.6 Å². The molecule has 1 saturated heterocycles. The molecule has 10 heteroatoms. The third-order valence-electron chi connectivity index (χ3n) is 6.21. The first-order valence-corrected chi connectivity index (χ1v) is 11.3. The van der Waals surface area contributed by atoms with Crippen LogP contribution in [0.5, 0.6) is 5.88 Å². The van der Waals surface area contributed by atoms with E-state index in [0.29, 0.717) is 42.4 Å². The SMILES string of the molecule is COc1cc2[nH]c(C(=O)NC(CC3CC3)C(=O)NC(C#N)CC3CCCNC3=O)cc2cn1. The maximum Gasteiger partial charge on any atom is 0.268 e. The van der Waals surface area contributed by atoms with Gasteiger partial charge in [0.1, 0.15) is 17.8 Å². The lowest BCUT2D eigenvalue weighted by atomic mass is 9.92. The summed E-state index contributed by atoms with van der Waals surface area (Å²) in [5.41, 5.74) is 1.01. The summed E-state index contributed by atoms with van der Waals surface area (Å²) in [6, 6.07) is 3.89. The van der Waals surface area contributed by atoms with Crippen molar-refractivity contribution < 1.29 is 19.1 Å². The number of nitrogens with one attached hydrogen (secondary N) is 4. The fourth-order valence-electron chi connectivity index (χ4n) is 4.16. The van der Waals surface area contributed by atoms with Crippen molar-refractivity contribution in [2.24, 2.45) is 11.8 Å². The minimum Gasteiger partial charge on any atom is -0.481 e. The number of nitrogens with zero attached hydrogens (tertiary/aromatic N) is 2. The zero-order chi connectivity index (χ0) is 23.4. The Balaban J connectivity index is 1.42. The Hall–Kier alpha value is -3.61. The molecule has 2 aromatic heterocycles. The number of H-pyrrole nitrogens is 1. The molecule has 10 nitrogen and oxygen atoms in total. The lowest BCUT2D eigenvalue weighted by Crippen LogP contribution is -2.50. The van der Waals surface area contributed by atoms with E-state index in [9.17, 15) is 19.6 Å². The maximum atomic E-state index is 13.0. The third kappa shape index (κ3) is 5.61. The topological polar surface area (TPSA) is 149 Å². The van der Waals surface area contributed by atoms with E-state index in [-0.39, 0.29) is 18.2 Å². The molecule has 3 atom stereocenters. The van der Waals surface area contributed by atoms with Crippen molar-refractivity contribution in [3.8, 4) is 11.9 Å². The summed E-state index contributed by atoms with van der Waals surface area (Å²) in [6.45, 7) is 0.644. The van der Waals surface area contributed by atoms with Crippen LogP contribution >= 0.6 is 0 Å². The zero-order valence-electron chi connectivity index (χ0n) is 18.5. The first-order chi connectivity index (χ1) is 16.0. The van der Waals surface area contributed by atoms with E-state index >= 15 is 0 Å². The Kier molecular flexibility index (Phi) is 6.77. The highest BCUT2D eigenvalue weighted by molar-refractivity contribution is 6.00. The molecule has 1 aliphatic carbocycles. The molecule has 0 spiro atoms. The highest BCUT2D eigenvalue weighted by Crippen LogP contribution is 2.33. The van der Waals surface area contributed by atoms with Gasteiger partial charge in [0.2, 0.25) is 17.7 Å². The lowest BCUT2D eigenvalue weighted by Gasteiger charge is -2.25. The number of pyridine rings is 1. The Morgan fingerprint density at radius 3 is 2.79 bits per heavy atom. The Labute approximate surface area is 191 Å². The van der Waals surface area contributed by atoms with Crippen molar-refractivity contribution in [1.29, 1.82) is 5.26 Å². The standard InChI is InChI=1S/C23H28N6O4/c1-33-20-10-17-15(12-26-20)9-19(28-17)23(32)29-18(7-13-4-5-13)22(31)27-16(11-24)8-14-3-2-6-25-21(14)30/h9-10,12-14,16,18,28H,2-8H2,1H3,(H,25,30)(H,27,31)(H,29,32). The number of aromatic amines is 1. The van der Waals surface area contributed by atoms with Crippen LogP contribution in [0.4, 0.5) is 0 Å². The maximum absolute atomic E-state index is 13.0. The molecule has 3 heterocycles. The average molecular weight is 453 g/mol. The van der Waals surface area contributed by atoms with E-state index in [1.54, 1.807) is 18.3 Å². The van der Waals surface area contributed by atoms with Gasteiger partial charge in [-0.1, -0.05) is 12.8 Å². The lowest BCUT2D eigenvalue weighted by molar-refractivity contribution is -0.128. The first-order valence-electron chi connectivity index (χ1n) is 11.3. The van der Waals surface area contributed by atoms with Crippen LogP contribution in [-0.2, 0) is 9.59 Å². The van der Waals surface area contributed by atoms with Gasteiger partial charge in [-0.15, -0.1) is 0 Å². The van der Waals surface area contributed by atoms with Gasteiger partial charge in [0.25, 0.3) is 5.91 Å². The van der Waals surface area contributed by atoms with Gasteiger partial charge in [-0.3, -0.25) is 14.4 Å². The van der Waals surface area contributed by atoms with Gasteiger partial charge in [0.15, 0.2) is 0 Å². The van der Waals surface area contributed by atoms with Crippen molar-refractivity contribution in [1.82, 2.24) is 25.9 Å². The number of rotatable bonds is 9. The highest BCUT2D eigenvalue weighted by Gasteiger charge is 2.33. The number of fused-ring (bicyclic) bond motifs is 1. The minimum atomic E-state index is -0.795. The quantitative estimate of drug-likeness (QED) is 0.452. The summed E-state index contributed by atoms with van der Waals surface area (Å²) < 4.78 is 5.11. The largest absolute Gasteiger partial charge is 0.481 e. The van der Waals surface area contributed by atoms with Crippen LogP contribution in [0, 0.1) is 23.2 Å². The highest BCUT2D eigenvalue weighted by atomic mass is 16.5. The predicted octanol–water partition coefficient (Wildman–Crippen LogP) is 1.39. The van der Waals surface area contributed by atoms with E-state index in [1.165, 1.54) is 7.11 Å². The number of methoxy groups -OCH3 is 1. The fourth-order valence-corrected chi connectivity index (χ4v) is 4.16. The molecular weight excluding hydrogens is 424 g/mol. The van der Waals surface area contributed by atoms with Crippen molar-refractivity contribution in [3.05, 3.63) is 24.0 Å². The summed E-state index contributed by atoms with van der Waals surface area (Å²) in [7, 11) is 1.51. The van der Waals surface area contributed by atoms with Crippen LogP contribution in [0.3, 0.4) is 0 Å². The van der Waals surface area contributed by atoms with Crippen molar-refractivity contribution in [3.63, 3.8) is 0 Å². The molecule has 4 N–H and O–H groups in total. The molecule has 2 fully saturated rings.